The van der Waals surface area contributed by atoms with Gasteiger partial charge in [0.25, 0.3) is 5.91 Å². The highest BCUT2D eigenvalue weighted by Crippen LogP contribution is 2.25. The third-order valence-corrected chi connectivity index (χ3v) is 2.65. The fraction of sp³-hybridized carbons (Fsp3) is 0.214. The number of anilines is 1. The number of nitrogens with two attached hydrogens (primary N) is 1. The van der Waals surface area contributed by atoms with Crippen molar-refractivity contribution in [3.05, 3.63) is 41.7 Å². The molecule has 1 aromatic heterocycles. The number of primary amides is 1. The van der Waals surface area contributed by atoms with Crippen molar-refractivity contribution >= 4 is 11.7 Å². The lowest BCUT2D eigenvalue weighted by Crippen LogP contribution is -2.12. The molecule has 2 aromatic rings. The van der Waals surface area contributed by atoms with Gasteiger partial charge in [0.15, 0.2) is 5.82 Å². The molecule has 110 valence electrons. The molecule has 0 saturated carbocycles. The second kappa shape index (κ2) is 6.67. The second-order valence-electron chi connectivity index (χ2n) is 4.15. The lowest BCUT2D eigenvalue weighted by Gasteiger charge is -2.10. The largest absolute Gasteiger partial charge is 0.438 e. The molecule has 3 N–H and O–H groups in total. The molecule has 1 aromatic carbocycles. The number of para-hydroxylation sites is 1. The van der Waals surface area contributed by atoms with Gasteiger partial charge < -0.3 is 20.5 Å². The van der Waals surface area contributed by atoms with E-state index in [1.54, 1.807) is 44.5 Å². The fourth-order valence-electron chi connectivity index (χ4n) is 1.72. The van der Waals surface area contributed by atoms with E-state index >= 15 is 0 Å². The first-order valence-electron chi connectivity index (χ1n) is 6.25. The van der Waals surface area contributed by atoms with Crippen LogP contribution >= 0.6 is 0 Å². The lowest BCUT2D eigenvalue weighted by molar-refractivity contribution is 0.0998. The minimum Gasteiger partial charge on any atom is -0.438 e. The third kappa shape index (κ3) is 3.67. The summed E-state index contributed by atoms with van der Waals surface area (Å²) in [6, 6.07) is 8.32. The van der Waals surface area contributed by atoms with Gasteiger partial charge >= 0.3 is 0 Å². The van der Waals surface area contributed by atoms with Gasteiger partial charge in [0.2, 0.25) is 5.88 Å². The third-order valence-electron chi connectivity index (χ3n) is 2.65. The number of methoxy groups -OCH3 is 1. The second-order valence-corrected chi connectivity index (χ2v) is 4.15. The van der Waals surface area contributed by atoms with Crippen LogP contribution in [0.3, 0.4) is 0 Å². The van der Waals surface area contributed by atoms with Crippen LogP contribution in [0.25, 0.3) is 0 Å². The van der Waals surface area contributed by atoms with Crippen LogP contribution in [-0.2, 0) is 11.3 Å². The molecule has 0 unspecified atom stereocenters. The highest BCUT2D eigenvalue weighted by atomic mass is 16.5. The summed E-state index contributed by atoms with van der Waals surface area (Å²) in [4.78, 5) is 19.8. The van der Waals surface area contributed by atoms with E-state index in [2.05, 4.69) is 15.3 Å². The maximum Gasteiger partial charge on any atom is 0.252 e. The highest BCUT2D eigenvalue weighted by molar-refractivity contribution is 5.95. The van der Waals surface area contributed by atoms with Crippen molar-refractivity contribution in [3.63, 3.8) is 0 Å². The molecule has 1 heterocycles. The number of nitrogens with zero attached hydrogens (tertiary/aromatic N) is 2. The monoisotopic (exact) mass is 288 g/mol. The van der Waals surface area contributed by atoms with Crippen molar-refractivity contribution in [2.75, 3.05) is 19.5 Å². The fourth-order valence-corrected chi connectivity index (χ4v) is 1.72. The van der Waals surface area contributed by atoms with E-state index in [0.29, 0.717) is 23.3 Å². The molecule has 2 rings (SSSR count). The van der Waals surface area contributed by atoms with Crippen LogP contribution in [0.1, 0.15) is 16.2 Å². The van der Waals surface area contributed by atoms with Crippen LogP contribution in [0, 0.1) is 0 Å². The summed E-state index contributed by atoms with van der Waals surface area (Å²) in [6.45, 7) is 0.253. The molecular weight excluding hydrogens is 272 g/mol. The number of carbonyl (C=O) groups is 1. The standard InChI is InChI=1S/C14H16N4O3/c1-16-11-7-13(18-12(17-11)8-20-2)21-10-6-4-3-5-9(10)14(15)19/h3-7H,8H2,1-2H3,(H2,15,19)(H,16,17,18). The number of ether oxygens (including phenoxy) is 2. The van der Waals surface area contributed by atoms with E-state index in [9.17, 15) is 4.79 Å². The first kappa shape index (κ1) is 14.7. The molecule has 0 aliphatic carbocycles. The van der Waals surface area contributed by atoms with Crippen LogP contribution in [0.5, 0.6) is 11.6 Å². The highest BCUT2D eigenvalue weighted by Gasteiger charge is 2.11. The Morgan fingerprint density at radius 2 is 2.10 bits per heavy atom. The van der Waals surface area contributed by atoms with Crippen molar-refractivity contribution in [2.45, 2.75) is 6.61 Å². The predicted molar refractivity (Wildman–Crippen MR) is 77.3 cm³/mol. The Balaban J connectivity index is 2.35. The number of hydrogen-bond acceptors (Lipinski definition) is 6. The van der Waals surface area contributed by atoms with Gasteiger partial charge in [-0.25, -0.2) is 4.98 Å². The predicted octanol–water partition coefficient (Wildman–Crippen LogP) is 1.56. The Morgan fingerprint density at radius 3 is 2.76 bits per heavy atom. The summed E-state index contributed by atoms with van der Waals surface area (Å²) in [6.07, 6.45) is 0. The summed E-state index contributed by atoms with van der Waals surface area (Å²) in [5, 5.41) is 2.91. The molecule has 0 spiro atoms. The van der Waals surface area contributed by atoms with Crippen molar-refractivity contribution < 1.29 is 14.3 Å². The molecule has 0 aliphatic rings. The van der Waals surface area contributed by atoms with E-state index < -0.39 is 5.91 Å². The molecule has 0 aliphatic heterocycles. The van der Waals surface area contributed by atoms with Crippen molar-refractivity contribution in [1.82, 2.24) is 9.97 Å². The van der Waals surface area contributed by atoms with E-state index in [0.717, 1.165) is 0 Å². The van der Waals surface area contributed by atoms with Gasteiger partial charge in [0.05, 0.1) is 5.56 Å². The molecule has 7 nitrogen and oxygen atoms in total. The van der Waals surface area contributed by atoms with Crippen LogP contribution in [-0.4, -0.2) is 30.0 Å². The Hall–Kier alpha value is -2.67. The van der Waals surface area contributed by atoms with E-state index in [1.165, 1.54) is 0 Å². The molecule has 1 amide bonds. The van der Waals surface area contributed by atoms with Crippen molar-refractivity contribution in [3.8, 4) is 11.6 Å². The lowest BCUT2D eigenvalue weighted by atomic mass is 10.2. The number of rotatable bonds is 6. The molecule has 0 atom stereocenters. The zero-order chi connectivity index (χ0) is 15.2. The quantitative estimate of drug-likeness (QED) is 0.836. The van der Waals surface area contributed by atoms with Crippen LogP contribution < -0.4 is 15.8 Å². The molecule has 0 radical (unpaired) electrons. The van der Waals surface area contributed by atoms with Gasteiger partial charge in [-0.3, -0.25) is 4.79 Å². The minimum absolute atomic E-state index is 0.253. The maximum atomic E-state index is 11.4. The molecule has 21 heavy (non-hydrogen) atoms. The topological polar surface area (TPSA) is 99.4 Å². The Labute approximate surface area is 122 Å². The van der Waals surface area contributed by atoms with Crippen molar-refractivity contribution in [2.24, 2.45) is 5.73 Å². The van der Waals surface area contributed by atoms with Crippen LogP contribution in [0.15, 0.2) is 30.3 Å². The maximum absolute atomic E-state index is 11.4. The number of amides is 1. The SMILES string of the molecule is CNc1cc(Oc2ccccc2C(N)=O)nc(COC)n1. The average molecular weight is 288 g/mol. The summed E-state index contributed by atoms with van der Waals surface area (Å²) in [5.41, 5.74) is 5.61. The first-order valence-corrected chi connectivity index (χ1v) is 6.25. The molecular formula is C14H16N4O3. The van der Waals surface area contributed by atoms with E-state index in [-0.39, 0.29) is 12.2 Å². The Morgan fingerprint density at radius 1 is 1.33 bits per heavy atom. The van der Waals surface area contributed by atoms with Gasteiger partial charge in [0.1, 0.15) is 18.2 Å². The van der Waals surface area contributed by atoms with E-state index in [1.807, 2.05) is 0 Å². The Bertz CT molecular complexity index is 646. The normalized spacial score (nSPS) is 10.2. The minimum atomic E-state index is -0.564. The number of hydrogen-bond donors (Lipinski definition) is 2. The number of nitrogens with one attached hydrogen (secondary N) is 1. The molecule has 0 fully saturated rings. The zero-order valence-corrected chi connectivity index (χ0v) is 11.8. The van der Waals surface area contributed by atoms with Crippen LogP contribution in [0.4, 0.5) is 5.82 Å². The van der Waals surface area contributed by atoms with Gasteiger partial charge in [-0.05, 0) is 12.1 Å². The summed E-state index contributed by atoms with van der Waals surface area (Å²) in [5.74, 6) is 1.13. The average Bonchev–Trinajstić information content (AvgIpc) is 2.47. The van der Waals surface area contributed by atoms with Gasteiger partial charge in [-0.1, -0.05) is 12.1 Å². The van der Waals surface area contributed by atoms with Gasteiger partial charge in [0, 0.05) is 20.2 Å². The van der Waals surface area contributed by atoms with Crippen molar-refractivity contribution in [1.29, 1.82) is 0 Å². The summed E-state index contributed by atoms with van der Waals surface area (Å²) in [7, 11) is 3.29. The first-order chi connectivity index (χ1) is 10.1. The smallest absolute Gasteiger partial charge is 0.252 e. The van der Waals surface area contributed by atoms with Gasteiger partial charge in [-0.2, -0.15) is 4.98 Å². The number of aromatic nitrogens is 2. The Kier molecular flexibility index (Phi) is 4.68. The number of benzene rings is 1. The molecule has 7 heteroatoms. The number of carbonyl (C=O) groups excluding carboxylic acids is 1. The molecule has 0 saturated heterocycles. The zero-order valence-electron chi connectivity index (χ0n) is 11.8. The van der Waals surface area contributed by atoms with E-state index in [4.69, 9.17) is 15.2 Å². The summed E-state index contributed by atoms with van der Waals surface area (Å²) >= 11 is 0. The van der Waals surface area contributed by atoms with Crippen LogP contribution in [0.2, 0.25) is 0 Å². The summed E-state index contributed by atoms with van der Waals surface area (Å²) < 4.78 is 10.7. The van der Waals surface area contributed by atoms with Gasteiger partial charge in [-0.15, -0.1) is 0 Å². The molecule has 0 bridgehead atoms.